The number of hydrogen-bond donors (Lipinski definition) is 0. The number of rotatable bonds is 3. The van der Waals surface area contributed by atoms with Crippen molar-refractivity contribution in [2.24, 2.45) is 10.8 Å². The Kier molecular flexibility index (Phi) is 5.81. The summed E-state index contributed by atoms with van der Waals surface area (Å²) in [5.74, 6) is 8.02. The molecule has 88 valence electrons. The molecule has 0 radical (unpaired) electrons. The lowest BCUT2D eigenvalue weighted by atomic mass is 9.90. The quantitative estimate of drug-likeness (QED) is 0.634. The van der Waals surface area contributed by atoms with Gasteiger partial charge in [0.2, 0.25) is 0 Å². The minimum absolute atomic E-state index is 0.121. The van der Waals surface area contributed by atoms with Gasteiger partial charge in [0.25, 0.3) is 0 Å². The number of thioether (sulfide) groups is 1. The van der Waals surface area contributed by atoms with Crippen LogP contribution in [0.2, 0.25) is 0 Å². The highest BCUT2D eigenvalue weighted by Gasteiger charge is 2.23. The summed E-state index contributed by atoms with van der Waals surface area (Å²) in [6, 6.07) is 0. The molecule has 0 spiro atoms. The lowest BCUT2D eigenvalue weighted by molar-refractivity contribution is 0.438. The first kappa shape index (κ1) is 14.9. The van der Waals surface area contributed by atoms with Crippen molar-refractivity contribution in [2.75, 3.05) is 5.75 Å². The number of hydrogen-bond acceptors (Lipinski definition) is 1. The van der Waals surface area contributed by atoms with Crippen LogP contribution in [0.25, 0.3) is 0 Å². The van der Waals surface area contributed by atoms with Crippen molar-refractivity contribution in [2.45, 2.75) is 60.1 Å². The highest BCUT2D eigenvalue weighted by atomic mass is 32.2. The van der Waals surface area contributed by atoms with Gasteiger partial charge in [-0.2, -0.15) is 0 Å². The Balaban J connectivity index is 4.57. The molecule has 0 bridgehead atoms. The molecule has 0 aromatic heterocycles. The minimum atomic E-state index is 0.121. The predicted molar refractivity (Wildman–Crippen MR) is 73.2 cm³/mol. The van der Waals surface area contributed by atoms with E-state index in [4.69, 9.17) is 0 Å². The summed E-state index contributed by atoms with van der Waals surface area (Å²) in [4.78, 5) is 0. The van der Waals surface area contributed by atoms with Gasteiger partial charge >= 0.3 is 0 Å². The summed E-state index contributed by atoms with van der Waals surface area (Å²) >= 11 is 2.00. The maximum Gasteiger partial charge on any atom is 0.0705 e. The standard InChI is InChI=1S/C14H26S/c1-8-11-15-12(14(5,6)7)9-10-13(2,3)4/h12H,8,11H2,1-7H3. The summed E-state index contributed by atoms with van der Waals surface area (Å²) < 4.78 is 0. The fourth-order valence-corrected chi connectivity index (χ4v) is 2.14. The van der Waals surface area contributed by atoms with Crippen molar-refractivity contribution in [1.29, 1.82) is 0 Å². The van der Waals surface area contributed by atoms with Crippen LogP contribution in [0, 0.1) is 22.7 Å². The lowest BCUT2D eigenvalue weighted by Crippen LogP contribution is -2.22. The van der Waals surface area contributed by atoms with E-state index in [0.717, 1.165) is 0 Å². The van der Waals surface area contributed by atoms with E-state index in [-0.39, 0.29) is 10.8 Å². The molecule has 15 heavy (non-hydrogen) atoms. The van der Waals surface area contributed by atoms with Crippen LogP contribution in [0.1, 0.15) is 54.9 Å². The molecule has 0 aliphatic rings. The zero-order valence-electron chi connectivity index (χ0n) is 11.4. The second-order valence-corrected chi connectivity index (χ2v) is 7.35. The fourth-order valence-electron chi connectivity index (χ4n) is 1.03. The first-order chi connectivity index (χ1) is 6.67. The van der Waals surface area contributed by atoms with Crippen LogP contribution in [0.4, 0.5) is 0 Å². The predicted octanol–water partition coefficient (Wildman–Crippen LogP) is 4.59. The van der Waals surface area contributed by atoms with Gasteiger partial charge in [-0.1, -0.05) is 39.5 Å². The van der Waals surface area contributed by atoms with Crippen LogP contribution < -0.4 is 0 Å². The molecule has 1 heteroatoms. The van der Waals surface area contributed by atoms with Crippen molar-refractivity contribution < 1.29 is 0 Å². The monoisotopic (exact) mass is 226 g/mol. The molecular weight excluding hydrogens is 200 g/mol. The summed E-state index contributed by atoms with van der Waals surface area (Å²) in [6.45, 7) is 15.6. The molecule has 0 aliphatic heterocycles. The topological polar surface area (TPSA) is 0 Å². The Morgan fingerprint density at radius 3 is 1.93 bits per heavy atom. The summed E-state index contributed by atoms with van der Waals surface area (Å²) in [5, 5.41) is 0.455. The normalized spacial score (nSPS) is 14.3. The van der Waals surface area contributed by atoms with E-state index >= 15 is 0 Å². The highest BCUT2D eigenvalue weighted by Crippen LogP contribution is 2.30. The molecule has 0 aromatic rings. The van der Waals surface area contributed by atoms with Crippen LogP contribution in [0.5, 0.6) is 0 Å². The van der Waals surface area contributed by atoms with Gasteiger partial charge in [-0.15, -0.1) is 11.8 Å². The van der Waals surface area contributed by atoms with Crippen molar-refractivity contribution >= 4 is 11.8 Å². The summed E-state index contributed by atoms with van der Waals surface area (Å²) in [5.41, 5.74) is 0.397. The summed E-state index contributed by atoms with van der Waals surface area (Å²) in [6.07, 6.45) is 1.23. The molecule has 1 atom stereocenters. The smallest absolute Gasteiger partial charge is 0.0705 e. The second kappa shape index (κ2) is 5.85. The lowest BCUT2D eigenvalue weighted by Gasteiger charge is -2.26. The Hall–Kier alpha value is -0.0900. The van der Waals surface area contributed by atoms with Crippen LogP contribution >= 0.6 is 11.8 Å². The largest absolute Gasteiger partial charge is 0.145 e. The van der Waals surface area contributed by atoms with Gasteiger partial charge < -0.3 is 0 Å². The SMILES string of the molecule is CCCSC(C#CC(C)(C)C)C(C)(C)C. The van der Waals surface area contributed by atoms with Crippen molar-refractivity contribution in [3.63, 3.8) is 0 Å². The van der Waals surface area contributed by atoms with E-state index in [1.54, 1.807) is 0 Å². The van der Waals surface area contributed by atoms with Crippen molar-refractivity contribution in [1.82, 2.24) is 0 Å². The molecule has 0 rings (SSSR count). The van der Waals surface area contributed by atoms with Crippen molar-refractivity contribution in [3.05, 3.63) is 0 Å². The van der Waals surface area contributed by atoms with Crippen LogP contribution in [-0.4, -0.2) is 11.0 Å². The maximum absolute atomic E-state index is 3.45. The Labute approximate surface area is 101 Å². The van der Waals surface area contributed by atoms with Gasteiger partial charge in [0.1, 0.15) is 0 Å². The molecule has 1 unspecified atom stereocenters. The van der Waals surface area contributed by atoms with Gasteiger partial charge in [0, 0.05) is 5.41 Å². The molecule has 0 fully saturated rings. The van der Waals surface area contributed by atoms with E-state index in [9.17, 15) is 0 Å². The third-order valence-corrected chi connectivity index (χ3v) is 3.66. The fraction of sp³-hybridized carbons (Fsp3) is 0.857. The molecule has 0 aliphatic carbocycles. The Morgan fingerprint density at radius 1 is 1.07 bits per heavy atom. The third kappa shape index (κ3) is 7.79. The average Bonchev–Trinajstić information content (AvgIpc) is 1.99. The van der Waals surface area contributed by atoms with E-state index in [1.165, 1.54) is 12.2 Å². The van der Waals surface area contributed by atoms with E-state index < -0.39 is 0 Å². The molecule has 0 heterocycles. The van der Waals surface area contributed by atoms with Gasteiger partial charge in [0.15, 0.2) is 0 Å². The van der Waals surface area contributed by atoms with Crippen LogP contribution in [0.15, 0.2) is 0 Å². The third-order valence-electron chi connectivity index (χ3n) is 1.85. The van der Waals surface area contributed by atoms with E-state index in [1.807, 2.05) is 11.8 Å². The van der Waals surface area contributed by atoms with Gasteiger partial charge in [-0.05, 0) is 38.4 Å². The first-order valence-corrected chi connectivity index (χ1v) is 6.86. The molecule has 0 saturated carbocycles. The van der Waals surface area contributed by atoms with E-state index in [0.29, 0.717) is 5.25 Å². The van der Waals surface area contributed by atoms with E-state index in [2.05, 4.69) is 60.3 Å². The first-order valence-electron chi connectivity index (χ1n) is 5.81. The van der Waals surface area contributed by atoms with Gasteiger partial charge in [-0.25, -0.2) is 0 Å². The van der Waals surface area contributed by atoms with Crippen LogP contribution in [0.3, 0.4) is 0 Å². The zero-order valence-corrected chi connectivity index (χ0v) is 12.2. The minimum Gasteiger partial charge on any atom is -0.145 e. The summed E-state index contributed by atoms with van der Waals surface area (Å²) in [7, 11) is 0. The molecule has 0 aromatic carbocycles. The molecule has 0 amide bonds. The highest BCUT2D eigenvalue weighted by molar-refractivity contribution is 8.00. The maximum atomic E-state index is 3.45. The van der Waals surface area contributed by atoms with Gasteiger partial charge in [0.05, 0.1) is 5.25 Å². The average molecular weight is 226 g/mol. The van der Waals surface area contributed by atoms with Gasteiger partial charge in [-0.3, -0.25) is 0 Å². The molecular formula is C14H26S. The molecule has 0 nitrogen and oxygen atoms in total. The zero-order chi connectivity index (χ0) is 12.1. The molecule has 0 N–H and O–H groups in total. The second-order valence-electron chi connectivity index (χ2n) is 6.14. The Morgan fingerprint density at radius 2 is 1.60 bits per heavy atom. The molecule has 0 saturated heterocycles. The Bertz CT molecular complexity index is 229. The van der Waals surface area contributed by atoms with Crippen molar-refractivity contribution in [3.8, 4) is 11.8 Å². The van der Waals surface area contributed by atoms with Crippen LogP contribution in [-0.2, 0) is 0 Å².